The van der Waals surface area contributed by atoms with E-state index in [0.717, 1.165) is 44.2 Å². The average Bonchev–Trinajstić information content (AvgIpc) is 3.48. The van der Waals surface area contributed by atoms with Gasteiger partial charge in [0, 0.05) is 17.3 Å². The standard InChI is InChI=1S/C34H30N2O3/c1-34(2,3)26-15-13-25(14-16-26)31-28-21-27(35-20-19-24-11-7-8-12-29(24)35)17-18-30(28)36(32(31)39-33(37)38)22-23-9-5-4-6-10-23/h4-21H,22H2,1-3H3,(H,37,38). The summed E-state index contributed by atoms with van der Waals surface area (Å²) in [6.45, 7) is 7.02. The maximum atomic E-state index is 12.0. The first-order chi connectivity index (χ1) is 18.8. The molecule has 6 aromatic rings. The van der Waals surface area contributed by atoms with E-state index in [1.165, 1.54) is 5.56 Å². The van der Waals surface area contributed by atoms with Gasteiger partial charge in [-0.1, -0.05) is 93.6 Å². The van der Waals surface area contributed by atoms with Crippen molar-refractivity contribution in [2.75, 3.05) is 0 Å². The van der Waals surface area contributed by atoms with E-state index in [9.17, 15) is 9.90 Å². The van der Waals surface area contributed by atoms with E-state index < -0.39 is 6.16 Å². The molecule has 0 aliphatic carbocycles. The molecule has 0 radical (unpaired) electrons. The highest BCUT2D eigenvalue weighted by molar-refractivity contribution is 6.02. The van der Waals surface area contributed by atoms with Crippen molar-refractivity contribution in [3.63, 3.8) is 0 Å². The summed E-state index contributed by atoms with van der Waals surface area (Å²) >= 11 is 0. The number of carbonyl (C=O) groups is 1. The van der Waals surface area contributed by atoms with Crippen molar-refractivity contribution >= 4 is 28.0 Å². The molecule has 194 valence electrons. The van der Waals surface area contributed by atoms with Gasteiger partial charge in [-0.15, -0.1) is 0 Å². The van der Waals surface area contributed by atoms with E-state index in [2.05, 4.69) is 92.2 Å². The fourth-order valence-electron chi connectivity index (χ4n) is 5.30. The minimum Gasteiger partial charge on any atom is -0.449 e. The minimum absolute atomic E-state index is 0.00286. The molecule has 1 N–H and O–H groups in total. The lowest BCUT2D eigenvalue weighted by molar-refractivity contribution is 0.141. The zero-order valence-corrected chi connectivity index (χ0v) is 22.3. The Hall–Kier alpha value is -4.77. The molecule has 0 unspecified atom stereocenters. The van der Waals surface area contributed by atoms with Crippen LogP contribution in [-0.4, -0.2) is 20.4 Å². The highest BCUT2D eigenvalue weighted by Crippen LogP contribution is 2.42. The van der Waals surface area contributed by atoms with Crippen molar-refractivity contribution in [1.29, 1.82) is 0 Å². The molecule has 2 aromatic heterocycles. The SMILES string of the molecule is CC(C)(C)c1ccc(-c2c(OC(=O)O)n(Cc3ccccc3)c3ccc(-n4ccc5ccccc54)cc23)cc1. The third kappa shape index (κ3) is 4.57. The van der Waals surface area contributed by atoms with Gasteiger partial charge in [0.1, 0.15) is 0 Å². The van der Waals surface area contributed by atoms with E-state index in [1.807, 2.05) is 47.0 Å². The molecular weight excluding hydrogens is 484 g/mol. The van der Waals surface area contributed by atoms with Gasteiger partial charge in [0.05, 0.1) is 23.1 Å². The third-order valence-corrected chi connectivity index (χ3v) is 7.28. The number of para-hydroxylation sites is 1. The van der Waals surface area contributed by atoms with Gasteiger partial charge in [0.25, 0.3) is 0 Å². The van der Waals surface area contributed by atoms with Crippen molar-refractivity contribution in [3.05, 3.63) is 120 Å². The topological polar surface area (TPSA) is 56.4 Å². The zero-order valence-electron chi connectivity index (χ0n) is 22.3. The molecule has 0 fully saturated rings. The summed E-state index contributed by atoms with van der Waals surface area (Å²) in [6, 6.07) is 35.0. The minimum atomic E-state index is -1.34. The molecule has 0 spiro atoms. The molecule has 5 nitrogen and oxygen atoms in total. The van der Waals surface area contributed by atoms with Crippen LogP contribution in [0.3, 0.4) is 0 Å². The lowest BCUT2D eigenvalue weighted by atomic mass is 9.86. The number of aromatic nitrogens is 2. The average molecular weight is 515 g/mol. The highest BCUT2D eigenvalue weighted by Gasteiger charge is 2.24. The Balaban J connectivity index is 1.62. The van der Waals surface area contributed by atoms with Crippen LogP contribution >= 0.6 is 0 Å². The van der Waals surface area contributed by atoms with E-state index in [0.29, 0.717) is 12.4 Å². The van der Waals surface area contributed by atoms with Crippen LogP contribution in [0.4, 0.5) is 4.79 Å². The lowest BCUT2D eigenvalue weighted by Gasteiger charge is -2.19. The Morgan fingerprint density at radius 2 is 1.54 bits per heavy atom. The molecule has 0 saturated carbocycles. The lowest BCUT2D eigenvalue weighted by Crippen LogP contribution is -2.11. The molecule has 5 heteroatoms. The van der Waals surface area contributed by atoms with Gasteiger partial charge in [-0.05, 0) is 57.8 Å². The summed E-state index contributed by atoms with van der Waals surface area (Å²) in [7, 11) is 0. The first-order valence-electron chi connectivity index (χ1n) is 13.1. The second-order valence-corrected chi connectivity index (χ2v) is 10.9. The number of hydrogen-bond acceptors (Lipinski definition) is 2. The predicted octanol–water partition coefficient (Wildman–Crippen LogP) is 8.65. The van der Waals surface area contributed by atoms with E-state index in [-0.39, 0.29) is 5.41 Å². The second kappa shape index (κ2) is 9.52. The van der Waals surface area contributed by atoms with Crippen LogP contribution in [0.25, 0.3) is 38.6 Å². The predicted molar refractivity (Wildman–Crippen MR) is 157 cm³/mol. The molecule has 2 heterocycles. The Morgan fingerprint density at radius 3 is 2.26 bits per heavy atom. The zero-order chi connectivity index (χ0) is 27.1. The summed E-state index contributed by atoms with van der Waals surface area (Å²) in [5.41, 5.74) is 6.95. The molecule has 0 aliphatic rings. The summed E-state index contributed by atoms with van der Waals surface area (Å²) < 4.78 is 9.68. The summed E-state index contributed by atoms with van der Waals surface area (Å²) in [6.07, 6.45) is 0.732. The van der Waals surface area contributed by atoms with E-state index >= 15 is 0 Å². The van der Waals surface area contributed by atoms with Crippen LogP contribution in [-0.2, 0) is 12.0 Å². The molecule has 0 saturated heterocycles. The fourth-order valence-corrected chi connectivity index (χ4v) is 5.30. The molecule has 0 bridgehead atoms. The largest absolute Gasteiger partial charge is 0.512 e. The highest BCUT2D eigenvalue weighted by atomic mass is 16.7. The maximum absolute atomic E-state index is 12.0. The molecule has 0 amide bonds. The van der Waals surface area contributed by atoms with E-state index in [1.54, 1.807) is 0 Å². The van der Waals surface area contributed by atoms with Gasteiger partial charge >= 0.3 is 6.16 Å². The van der Waals surface area contributed by atoms with Gasteiger partial charge in [-0.3, -0.25) is 0 Å². The number of benzene rings is 4. The van der Waals surface area contributed by atoms with Crippen LogP contribution < -0.4 is 4.74 Å². The molecule has 0 aliphatic heterocycles. The van der Waals surface area contributed by atoms with Crippen LogP contribution in [0.2, 0.25) is 0 Å². The van der Waals surface area contributed by atoms with Crippen molar-refractivity contribution in [2.24, 2.45) is 0 Å². The first kappa shape index (κ1) is 24.6. The summed E-state index contributed by atoms with van der Waals surface area (Å²) in [4.78, 5) is 12.0. The summed E-state index contributed by atoms with van der Waals surface area (Å²) in [5, 5.41) is 11.9. The molecule has 0 atom stereocenters. The Bertz CT molecular complexity index is 1800. The molecule has 39 heavy (non-hydrogen) atoms. The fraction of sp³-hybridized carbons (Fsp3) is 0.147. The normalized spacial score (nSPS) is 11.8. The van der Waals surface area contributed by atoms with Crippen LogP contribution in [0.5, 0.6) is 5.88 Å². The smallest absolute Gasteiger partial charge is 0.449 e. The van der Waals surface area contributed by atoms with Crippen molar-refractivity contribution in [1.82, 2.24) is 9.13 Å². The molecular formula is C34H30N2O3. The number of carboxylic acid groups (broad SMARTS) is 1. The monoisotopic (exact) mass is 514 g/mol. The van der Waals surface area contributed by atoms with Gasteiger partial charge in [-0.25, -0.2) is 4.79 Å². The number of hydrogen-bond donors (Lipinski definition) is 1. The van der Waals surface area contributed by atoms with Crippen molar-refractivity contribution < 1.29 is 14.6 Å². The van der Waals surface area contributed by atoms with E-state index in [4.69, 9.17) is 4.74 Å². The Labute approximate surface area is 227 Å². The van der Waals surface area contributed by atoms with Gasteiger partial charge in [-0.2, -0.15) is 0 Å². The molecule has 6 rings (SSSR count). The van der Waals surface area contributed by atoms with Crippen LogP contribution in [0.15, 0.2) is 109 Å². The van der Waals surface area contributed by atoms with Crippen LogP contribution in [0, 0.1) is 0 Å². The Morgan fingerprint density at radius 1 is 0.821 bits per heavy atom. The number of fused-ring (bicyclic) bond motifs is 2. The number of ether oxygens (including phenoxy) is 1. The van der Waals surface area contributed by atoms with Crippen molar-refractivity contribution in [3.8, 4) is 22.7 Å². The third-order valence-electron chi connectivity index (χ3n) is 7.28. The van der Waals surface area contributed by atoms with Gasteiger partial charge < -0.3 is 19.0 Å². The molecule has 4 aromatic carbocycles. The number of nitrogens with zero attached hydrogens (tertiary/aromatic N) is 2. The number of rotatable bonds is 5. The first-order valence-corrected chi connectivity index (χ1v) is 13.1. The second-order valence-electron chi connectivity index (χ2n) is 10.9. The quantitative estimate of drug-likeness (QED) is 0.234. The van der Waals surface area contributed by atoms with Crippen LogP contribution in [0.1, 0.15) is 31.9 Å². The summed E-state index contributed by atoms with van der Waals surface area (Å²) in [5.74, 6) is 0.319. The van der Waals surface area contributed by atoms with Gasteiger partial charge in [0.15, 0.2) is 0 Å². The maximum Gasteiger partial charge on any atom is 0.512 e. The van der Waals surface area contributed by atoms with Crippen molar-refractivity contribution in [2.45, 2.75) is 32.7 Å². The van der Waals surface area contributed by atoms with Gasteiger partial charge in [0.2, 0.25) is 5.88 Å². The Kier molecular flexibility index (Phi) is 5.99.